The fraction of sp³-hybridized carbons (Fsp3) is 0.579. The Hall–Kier alpha value is -1.95. The van der Waals surface area contributed by atoms with Crippen molar-refractivity contribution < 1.29 is 32.9 Å². The number of aliphatic hydroxyl groups is 2. The van der Waals surface area contributed by atoms with Crippen LogP contribution in [0, 0.1) is 0 Å². The molecular weight excluding hydrogens is 423 g/mol. The van der Waals surface area contributed by atoms with Gasteiger partial charge in [-0.1, -0.05) is 6.92 Å². The molecule has 166 valence electrons. The van der Waals surface area contributed by atoms with Gasteiger partial charge in [0.1, 0.15) is 5.75 Å². The standard InChI is InChI=1S/C19H24F3N3O4S/c1-2-15(27)25-18(10-23-13(9-26)17(18)28)7-3-4-16-24-12-8-11(29-19(20,21)22)5-6-14(12)30-16/h5-6,8,13,17,23,26,28H,2-4,7,9-10H2,1H3,(H,25,27)/t13-,17+,18-/m0/s1. The number of benzene rings is 1. The number of halogens is 3. The maximum atomic E-state index is 12.4. The summed E-state index contributed by atoms with van der Waals surface area (Å²) in [6.45, 7) is 1.81. The van der Waals surface area contributed by atoms with E-state index in [1.54, 1.807) is 6.92 Å². The van der Waals surface area contributed by atoms with Gasteiger partial charge in [0.2, 0.25) is 5.91 Å². The molecule has 1 aliphatic rings. The molecule has 1 aromatic heterocycles. The van der Waals surface area contributed by atoms with Crippen molar-refractivity contribution in [1.82, 2.24) is 15.6 Å². The summed E-state index contributed by atoms with van der Waals surface area (Å²) < 4.78 is 41.8. The summed E-state index contributed by atoms with van der Waals surface area (Å²) in [5, 5.41) is 26.7. The number of nitrogens with one attached hydrogen (secondary N) is 2. The molecule has 11 heteroatoms. The van der Waals surface area contributed by atoms with Gasteiger partial charge in [-0.25, -0.2) is 4.98 Å². The van der Waals surface area contributed by atoms with Crippen LogP contribution in [-0.4, -0.2) is 58.3 Å². The van der Waals surface area contributed by atoms with Gasteiger partial charge in [0.25, 0.3) is 0 Å². The maximum Gasteiger partial charge on any atom is 0.573 e. The number of thiazole rings is 1. The minimum atomic E-state index is -4.76. The van der Waals surface area contributed by atoms with Gasteiger partial charge in [0, 0.05) is 19.0 Å². The fourth-order valence-electron chi connectivity index (χ4n) is 3.68. The molecule has 3 rings (SSSR count). The fourth-order valence-corrected chi connectivity index (χ4v) is 4.67. The zero-order valence-corrected chi connectivity index (χ0v) is 17.1. The minimum Gasteiger partial charge on any atom is -0.406 e. The molecule has 0 unspecified atom stereocenters. The number of aryl methyl sites for hydroxylation is 1. The Bertz CT molecular complexity index is 892. The van der Waals surface area contributed by atoms with Gasteiger partial charge in [-0.05, 0) is 31.4 Å². The number of aromatic nitrogens is 1. The predicted octanol–water partition coefficient (Wildman–Crippen LogP) is 2.11. The first-order chi connectivity index (χ1) is 14.2. The zero-order chi connectivity index (χ0) is 21.9. The summed E-state index contributed by atoms with van der Waals surface area (Å²) in [7, 11) is 0. The Labute approximate surface area is 175 Å². The van der Waals surface area contributed by atoms with E-state index in [4.69, 9.17) is 0 Å². The van der Waals surface area contributed by atoms with Gasteiger partial charge < -0.3 is 25.6 Å². The number of fused-ring (bicyclic) bond motifs is 1. The second-order valence-electron chi connectivity index (χ2n) is 7.31. The molecule has 4 N–H and O–H groups in total. The first kappa shape index (κ1) is 22.7. The molecule has 7 nitrogen and oxygen atoms in total. The summed E-state index contributed by atoms with van der Waals surface area (Å²) in [5.74, 6) is -0.505. The van der Waals surface area contributed by atoms with Crippen LogP contribution in [0.1, 0.15) is 31.2 Å². The molecule has 1 saturated heterocycles. The lowest BCUT2D eigenvalue weighted by Gasteiger charge is -2.34. The third kappa shape index (κ3) is 5.20. The largest absolute Gasteiger partial charge is 0.573 e. The smallest absolute Gasteiger partial charge is 0.406 e. The first-order valence-electron chi connectivity index (χ1n) is 9.64. The molecule has 0 saturated carbocycles. The number of nitrogens with zero attached hydrogens (tertiary/aromatic N) is 1. The Morgan fingerprint density at radius 1 is 1.47 bits per heavy atom. The molecule has 30 heavy (non-hydrogen) atoms. The average molecular weight is 447 g/mol. The lowest BCUT2D eigenvalue weighted by molar-refractivity contribution is -0.274. The van der Waals surface area contributed by atoms with Crippen molar-refractivity contribution in [3.8, 4) is 5.75 Å². The van der Waals surface area contributed by atoms with Crippen LogP contribution in [0.4, 0.5) is 13.2 Å². The van der Waals surface area contributed by atoms with E-state index >= 15 is 0 Å². The molecular formula is C19H24F3N3O4S. The highest BCUT2D eigenvalue weighted by atomic mass is 32.1. The summed E-state index contributed by atoms with van der Waals surface area (Å²) in [4.78, 5) is 16.4. The lowest BCUT2D eigenvalue weighted by Crippen LogP contribution is -2.57. The van der Waals surface area contributed by atoms with Gasteiger partial charge in [-0.2, -0.15) is 0 Å². The van der Waals surface area contributed by atoms with E-state index in [1.165, 1.54) is 29.5 Å². The van der Waals surface area contributed by atoms with E-state index < -0.39 is 24.0 Å². The van der Waals surface area contributed by atoms with E-state index in [2.05, 4.69) is 20.4 Å². The Morgan fingerprint density at radius 3 is 2.87 bits per heavy atom. The van der Waals surface area contributed by atoms with E-state index in [9.17, 15) is 28.2 Å². The van der Waals surface area contributed by atoms with Gasteiger partial charge in [-0.3, -0.25) is 4.79 Å². The highest BCUT2D eigenvalue weighted by Crippen LogP contribution is 2.31. The molecule has 1 fully saturated rings. The van der Waals surface area contributed by atoms with Crippen molar-refractivity contribution in [3.05, 3.63) is 23.2 Å². The van der Waals surface area contributed by atoms with Crippen molar-refractivity contribution in [2.24, 2.45) is 0 Å². The van der Waals surface area contributed by atoms with Crippen LogP contribution in [0.5, 0.6) is 5.75 Å². The summed E-state index contributed by atoms with van der Waals surface area (Å²) >= 11 is 1.38. The second-order valence-corrected chi connectivity index (χ2v) is 8.43. The molecule has 1 aromatic carbocycles. The van der Waals surface area contributed by atoms with Gasteiger partial charge >= 0.3 is 6.36 Å². The van der Waals surface area contributed by atoms with E-state index in [-0.39, 0.29) is 24.7 Å². The summed E-state index contributed by atoms with van der Waals surface area (Å²) in [5.41, 5.74) is -0.459. The number of ether oxygens (including phenoxy) is 1. The van der Waals surface area contributed by atoms with Gasteiger partial charge in [0.05, 0.1) is 39.5 Å². The van der Waals surface area contributed by atoms with Gasteiger partial charge in [0.15, 0.2) is 0 Å². The molecule has 0 radical (unpaired) electrons. The molecule has 1 aliphatic heterocycles. The van der Waals surface area contributed by atoms with Crippen LogP contribution in [0.3, 0.4) is 0 Å². The molecule has 3 atom stereocenters. The van der Waals surface area contributed by atoms with Crippen molar-refractivity contribution in [1.29, 1.82) is 0 Å². The Kier molecular flexibility index (Phi) is 6.85. The highest BCUT2D eigenvalue weighted by molar-refractivity contribution is 7.18. The number of hydrogen-bond acceptors (Lipinski definition) is 7. The summed E-state index contributed by atoms with van der Waals surface area (Å²) in [6, 6.07) is 3.53. The number of amides is 1. The van der Waals surface area contributed by atoms with Crippen molar-refractivity contribution in [3.63, 3.8) is 0 Å². The molecule has 0 bridgehead atoms. The molecule has 1 amide bonds. The lowest BCUT2D eigenvalue weighted by atomic mass is 9.86. The molecule has 0 aliphatic carbocycles. The van der Waals surface area contributed by atoms with Crippen LogP contribution in [0.25, 0.3) is 10.2 Å². The van der Waals surface area contributed by atoms with E-state index in [0.717, 1.165) is 9.71 Å². The quantitative estimate of drug-likeness (QED) is 0.494. The molecule has 2 aromatic rings. The number of hydrogen-bond donors (Lipinski definition) is 4. The Morgan fingerprint density at radius 2 is 2.23 bits per heavy atom. The van der Waals surface area contributed by atoms with E-state index in [0.29, 0.717) is 31.3 Å². The van der Waals surface area contributed by atoms with E-state index in [1.807, 2.05) is 0 Å². The normalized spacial score (nSPS) is 24.3. The van der Waals surface area contributed by atoms with Crippen LogP contribution in [-0.2, 0) is 11.2 Å². The number of rotatable bonds is 8. The molecule has 2 heterocycles. The van der Waals surface area contributed by atoms with Crippen molar-refractivity contribution in [2.45, 2.75) is 56.7 Å². The monoisotopic (exact) mass is 447 g/mol. The SMILES string of the molecule is CCC(=O)N[C@@]1(CCCc2nc3cc(OC(F)(F)F)ccc3s2)CN[C@@H](CO)[C@H]1O. The zero-order valence-electron chi connectivity index (χ0n) is 16.3. The minimum absolute atomic E-state index is 0.188. The third-order valence-corrected chi connectivity index (χ3v) is 6.28. The van der Waals surface area contributed by atoms with Crippen LogP contribution >= 0.6 is 11.3 Å². The maximum absolute atomic E-state index is 12.4. The third-order valence-electron chi connectivity index (χ3n) is 5.18. The predicted molar refractivity (Wildman–Crippen MR) is 105 cm³/mol. The highest BCUT2D eigenvalue weighted by Gasteiger charge is 2.47. The number of alkyl halides is 3. The average Bonchev–Trinajstić information content (AvgIpc) is 3.21. The van der Waals surface area contributed by atoms with Crippen molar-refractivity contribution >= 4 is 27.5 Å². The molecule has 0 spiro atoms. The Balaban J connectivity index is 1.67. The summed E-state index contributed by atoms with van der Waals surface area (Å²) in [6.07, 6.45) is -3.83. The number of aliphatic hydroxyl groups excluding tert-OH is 2. The first-order valence-corrected chi connectivity index (χ1v) is 10.5. The van der Waals surface area contributed by atoms with Crippen molar-refractivity contribution in [2.75, 3.05) is 13.2 Å². The topological polar surface area (TPSA) is 104 Å². The van der Waals surface area contributed by atoms with Crippen LogP contribution in [0.2, 0.25) is 0 Å². The second kappa shape index (κ2) is 9.04. The van der Waals surface area contributed by atoms with Crippen LogP contribution in [0.15, 0.2) is 18.2 Å². The van der Waals surface area contributed by atoms with Gasteiger partial charge in [-0.15, -0.1) is 24.5 Å². The van der Waals surface area contributed by atoms with Crippen LogP contribution < -0.4 is 15.4 Å². The number of carbonyl (C=O) groups excluding carboxylic acids is 1. The number of carbonyl (C=O) groups is 1.